The zero-order chi connectivity index (χ0) is 9.84. The Morgan fingerprint density at radius 1 is 1.46 bits per heavy atom. The highest BCUT2D eigenvalue weighted by molar-refractivity contribution is 6.20. The van der Waals surface area contributed by atoms with Gasteiger partial charge in [-0.1, -0.05) is 13.8 Å². The minimum Gasteiger partial charge on any atom is -0.241 e. The average Bonchev–Trinajstić information content (AvgIpc) is 2.04. The molecule has 0 radical (unpaired) electrons. The summed E-state index contributed by atoms with van der Waals surface area (Å²) in [4.78, 5) is 8.47. The maximum atomic E-state index is 6.12. The molecule has 0 aliphatic rings. The van der Waals surface area contributed by atoms with Crippen LogP contribution in [0.25, 0.3) is 0 Å². The molecule has 1 heterocycles. The maximum absolute atomic E-state index is 6.12. The summed E-state index contributed by atoms with van der Waals surface area (Å²) < 4.78 is 0. The number of hydrogen-bond acceptors (Lipinski definition) is 2. The zero-order valence-corrected chi connectivity index (χ0v) is 9.04. The first-order chi connectivity index (χ1) is 6.09. The van der Waals surface area contributed by atoms with Crippen molar-refractivity contribution < 1.29 is 0 Å². The van der Waals surface area contributed by atoms with Gasteiger partial charge in [-0.15, -0.1) is 11.6 Å². The van der Waals surface area contributed by atoms with Crippen molar-refractivity contribution in [3.05, 3.63) is 23.8 Å². The number of nitrogens with zero attached hydrogens (tertiary/aromatic N) is 2. The van der Waals surface area contributed by atoms with Crippen LogP contribution in [0.4, 0.5) is 0 Å². The third-order valence-electron chi connectivity index (χ3n) is 1.95. The lowest BCUT2D eigenvalue weighted by Crippen LogP contribution is -2.13. The molecule has 0 spiro atoms. The van der Waals surface area contributed by atoms with Crippen molar-refractivity contribution in [1.29, 1.82) is 0 Å². The van der Waals surface area contributed by atoms with Crippen molar-refractivity contribution in [2.75, 3.05) is 0 Å². The minimum absolute atomic E-state index is 0.127. The van der Waals surface area contributed by atoms with Gasteiger partial charge in [-0.25, -0.2) is 9.97 Å². The quantitative estimate of drug-likeness (QED) is 0.698. The van der Waals surface area contributed by atoms with Crippen LogP contribution < -0.4 is 0 Å². The fraction of sp³-hybridized carbons (Fsp3) is 0.600. The zero-order valence-electron chi connectivity index (χ0n) is 8.29. The van der Waals surface area contributed by atoms with Crippen LogP contribution in [0, 0.1) is 12.8 Å². The van der Waals surface area contributed by atoms with E-state index in [1.165, 1.54) is 0 Å². The number of alkyl halides is 1. The van der Waals surface area contributed by atoms with Crippen LogP contribution >= 0.6 is 11.6 Å². The van der Waals surface area contributed by atoms with Gasteiger partial charge < -0.3 is 0 Å². The van der Waals surface area contributed by atoms with Gasteiger partial charge in [0.25, 0.3) is 0 Å². The molecule has 0 saturated heterocycles. The predicted octanol–water partition coefficient (Wildman–Crippen LogP) is 2.59. The predicted molar refractivity (Wildman–Crippen MR) is 55.0 cm³/mol. The summed E-state index contributed by atoms with van der Waals surface area (Å²) in [6.45, 7) is 6.17. The standard InChI is InChI=1S/C10H15ClN2/c1-7(2)9(11)6-10-12-5-4-8(3)13-10/h4-5,7,9H,6H2,1-3H3. The van der Waals surface area contributed by atoms with E-state index in [4.69, 9.17) is 11.6 Å². The van der Waals surface area contributed by atoms with Crippen molar-refractivity contribution >= 4 is 11.6 Å². The Kier molecular flexibility index (Phi) is 3.67. The summed E-state index contributed by atoms with van der Waals surface area (Å²) in [5.74, 6) is 1.31. The van der Waals surface area contributed by atoms with Gasteiger partial charge in [0, 0.05) is 23.7 Å². The van der Waals surface area contributed by atoms with Crippen LogP contribution in [0.3, 0.4) is 0 Å². The van der Waals surface area contributed by atoms with E-state index in [-0.39, 0.29) is 5.38 Å². The molecule has 2 nitrogen and oxygen atoms in total. The van der Waals surface area contributed by atoms with Crippen LogP contribution in [0.5, 0.6) is 0 Å². The summed E-state index contributed by atoms with van der Waals surface area (Å²) >= 11 is 6.12. The van der Waals surface area contributed by atoms with Crippen molar-refractivity contribution in [3.63, 3.8) is 0 Å². The smallest absolute Gasteiger partial charge is 0.129 e. The number of aryl methyl sites for hydroxylation is 1. The molecule has 0 amide bonds. The molecule has 0 aliphatic carbocycles. The van der Waals surface area contributed by atoms with Crippen molar-refractivity contribution in [2.45, 2.75) is 32.6 Å². The molecule has 1 rings (SSSR count). The molecule has 0 aromatic carbocycles. The normalized spacial score (nSPS) is 13.3. The Morgan fingerprint density at radius 2 is 2.15 bits per heavy atom. The van der Waals surface area contributed by atoms with Crippen LogP contribution in [-0.4, -0.2) is 15.3 Å². The second kappa shape index (κ2) is 4.56. The van der Waals surface area contributed by atoms with E-state index in [0.717, 1.165) is 17.9 Å². The van der Waals surface area contributed by atoms with Gasteiger partial charge in [0.1, 0.15) is 5.82 Å². The van der Waals surface area contributed by atoms with Crippen molar-refractivity contribution in [1.82, 2.24) is 9.97 Å². The van der Waals surface area contributed by atoms with E-state index in [0.29, 0.717) is 5.92 Å². The van der Waals surface area contributed by atoms with E-state index >= 15 is 0 Å². The largest absolute Gasteiger partial charge is 0.241 e. The molecule has 1 aromatic heterocycles. The van der Waals surface area contributed by atoms with Crippen molar-refractivity contribution in [3.8, 4) is 0 Å². The topological polar surface area (TPSA) is 25.8 Å². The Labute approximate surface area is 84.4 Å². The highest BCUT2D eigenvalue weighted by Crippen LogP contribution is 2.13. The number of halogens is 1. The molecule has 3 heteroatoms. The number of hydrogen-bond donors (Lipinski definition) is 0. The monoisotopic (exact) mass is 198 g/mol. The lowest BCUT2D eigenvalue weighted by Gasteiger charge is -2.11. The number of aromatic nitrogens is 2. The Bertz CT molecular complexity index is 273. The van der Waals surface area contributed by atoms with E-state index in [9.17, 15) is 0 Å². The molecule has 0 saturated carbocycles. The molecule has 0 aliphatic heterocycles. The van der Waals surface area contributed by atoms with Gasteiger partial charge in [0.05, 0.1) is 0 Å². The van der Waals surface area contributed by atoms with Crippen molar-refractivity contribution in [2.24, 2.45) is 5.92 Å². The van der Waals surface area contributed by atoms with Gasteiger partial charge in [-0.3, -0.25) is 0 Å². The van der Waals surface area contributed by atoms with Crippen LogP contribution in [-0.2, 0) is 6.42 Å². The Balaban J connectivity index is 2.64. The first-order valence-corrected chi connectivity index (χ1v) is 4.96. The highest BCUT2D eigenvalue weighted by Gasteiger charge is 2.11. The second-order valence-corrected chi connectivity index (χ2v) is 4.14. The van der Waals surface area contributed by atoms with E-state index in [2.05, 4.69) is 23.8 Å². The highest BCUT2D eigenvalue weighted by atomic mass is 35.5. The first kappa shape index (κ1) is 10.5. The molecule has 1 unspecified atom stereocenters. The lowest BCUT2D eigenvalue weighted by atomic mass is 10.1. The SMILES string of the molecule is Cc1ccnc(CC(Cl)C(C)C)n1. The van der Waals surface area contributed by atoms with Gasteiger partial charge in [0.15, 0.2) is 0 Å². The summed E-state index contributed by atoms with van der Waals surface area (Å²) in [5, 5.41) is 0.127. The molecule has 0 bridgehead atoms. The minimum atomic E-state index is 0.127. The average molecular weight is 199 g/mol. The van der Waals surface area contributed by atoms with Gasteiger partial charge >= 0.3 is 0 Å². The van der Waals surface area contributed by atoms with E-state index in [1.54, 1.807) is 6.20 Å². The number of rotatable bonds is 3. The first-order valence-electron chi connectivity index (χ1n) is 4.52. The maximum Gasteiger partial charge on any atom is 0.129 e. The Morgan fingerprint density at radius 3 is 2.69 bits per heavy atom. The molecule has 13 heavy (non-hydrogen) atoms. The van der Waals surface area contributed by atoms with E-state index in [1.807, 2.05) is 13.0 Å². The third kappa shape index (κ3) is 3.31. The summed E-state index contributed by atoms with van der Waals surface area (Å²) in [5.41, 5.74) is 0.998. The van der Waals surface area contributed by atoms with Crippen LogP contribution in [0.15, 0.2) is 12.3 Å². The summed E-state index contributed by atoms with van der Waals surface area (Å²) in [6.07, 6.45) is 2.53. The second-order valence-electron chi connectivity index (χ2n) is 3.58. The summed E-state index contributed by atoms with van der Waals surface area (Å²) in [7, 11) is 0. The molecule has 0 N–H and O–H groups in total. The molecule has 72 valence electrons. The van der Waals surface area contributed by atoms with Gasteiger partial charge in [-0.2, -0.15) is 0 Å². The molecule has 1 atom stereocenters. The molecule has 0 fully saturated rings. The fourth-order valence-corrected chi connectivity index (χ4v) is 1.15. The Hall–Kier alpha value is -0.630. The van der Waals surface area contributed by atoms with Gasteiger partial charge in [0.2, 0.25) is 0 Å². The van der Waals surface area contributed by atoms with Crippen LogP contribution in [0.2, 0.25) is 0 Å². The van der Waals surface area contributed by atoms with E-state index < -0.39 is 0 Å². The van der Waals surface area contributed by atoms with Gasteiger partial charge in [-0.05, 0) is 18.9 Å². The molecular weight excluding hydrogens is 184 g/mol. The summed E-state index contributed by atoms with van der Waals surface area (Å²) in [6, 6.07) is 1.89. The third-order valence-corrected chi connectivity index (χ3v) is 2.60. The lowest BCUT2D eigenvalue weighted by molar-refractivity contribution is 0.583. The molecule has 1 aromatic rings. The molecular formula is C10H15ClN2. The fourth-order valence-electron chi connectivity index (χ4n) is 1.01. The van der Waals surface area contributed by atoms with Crippen LogP contribution in [0.1, 0.15) is 25.4 Å².